The maximum absolute atomic E-state index is 12.3. The topological polar surface area (TPSA) is 131 Å². The van der Waals surface area contributed by atoms with E-state index in [1.165, 1.54) is 13.8 Å². The molecule has 27 heavy (non-hydrogen) atoms. The van der Waals surface area contributed by atoms with Crippen molar-refractivity contribution in [3.8, 4) is 5.75 Å². The lowest BCUT2D eigenvalue weighted by atomic mass is 10.0. The minimum atomic E-state index is -1.16. The standard InChI is InChI=1S/C18H22N2O7/c1-10(21)26-13-5-3-12(4-6-13)7-16(18(24)25)20-17(23)15-8-14(9-19-15)27-11(2)22/h3-6,14-16,19H,7-9H2,1-2H3,(H,20,23)(H,24,25). The summed E-state index contributed by atoms with van der Waals surface area (Å²) in [5, 5.41) is 14.8. The first-order valence-electron chi connectivity index (χ1n) is 8.45. The van der Waals surface area contributed by atoms with Gasteiger partial charge in [-0.3, -0.25) is 14.4 Å². The quantitative estimate of drug-likeness (QED) is 0.447. The maximum atomic E-state index is 12.3. The molecule has 3 atom stereocenters. The van der Waals surface area contributed by atoms with Crippen LogP contribution in [0, 0.1) is 0 Å². The summed E-state index contributed by atoms with van der Waals surface area (Å²) < 4.78 is 9.97. The Labute approximate surface area is 156 Å². The van der Waals surface area contributed by atoms with Gasteiger partial charge in [0, 0.05) is 33.2 Å². The monoisotopic (exact) mass is 378 g/mol. The number of aliphatic carboxylic acids is 1. The normalized spacial score (nSPS) is 19.8. The lowest BCUT2D eigenvalue weighted by Gasteiger charge is -2.18. The van der Waals surface area contributed by atoms with Crippen LogP contribution in [-0.2, 0) is 30.3 Å². The molecular weight excluding hydrogens is 356 g/mol. The SMILES string of the molecule is CC(=O)Oc1ccc(CC(NC(=O)C2CC(OC(C)=O)CN2)C(=O)O)cc1. The highest BCUT2D eigenvalue weighted by molar-refractivity contribution is 5.87. The summed E-state index contributed by atoms with van der Waals surface area (Å²) in [6.07, 6.45) is -0.0496. The lowest BCUT2D eigenvalue weighted by molar-refractivity contribution is -0.145. The molecule has 0 aromatic heterocycles. The fourth-order valence-electron chi connectivity index (χ4n) is 2.80. The number of ether oxygens (including phenoxy) is 2. The Morgan fingerprint density at radius 1 is 1.19 bits per heavy atom. The fraction of sp³-hybridized carbons (Fsp3) is 0.444. The van der Waals surface area contributed by atoms with Crippen molar-refractivity contribution in [2.24, 2.45) is 0 Å². The molecule has 1 saturated heterocycles. The highest BCUT2D eigenvalue weighted by Gasteiger charge is 2.33. The average Bonchev–Trinajstić information content (AvgIpc) is 3.03. The van der Waals surface area contributed by atoms with Crippen LogP contribution in [0.25, 0.3) is 0 Å². The Kier molecular flexibility index (Phi) is 6.89. The molecule has 0 radical (unpaired) electrons. The fourth-order valence-corrected chi connectivity index (χ4v) is 2.80. The van der Waals surface area contributed by atoms with Crippen LogP contribution < -0.4 is 15.4 Å². The summed E-state index contributed by atoms with van der Waals surface area (Å²) in [4.78, 5) is 45.7. The molecule has 1 aromatic carbocycles. The average molecular weight is 378 g/mol. The molecule has 0 aliphatic carbocycles. The number of rotatable bonds is 7. The first-order valence-corrected chi connectivity index (χ1v) is 8.45. The van der Waals surface area contributed by atoms with Gasteiger partial charge in [0.15, 0.2) is 0 Å². The van der Waals surface area contributed by atoms with Crippen molar-refractivity contribution < 1.29 is 33.8 Å². The van der Waals surface area contributed by atoms with Crippen molar-refractivity contribution in [2.75, 3.05) is 6.54 Å². The lowest BCUT2D eigenvalue weighted by Crippen LogP contribution is -2.49. The summed E-state index contributed by atoms with van der Waals surface area (Å²) in [5.74, 6) is -2.15. The van der Waals surface area contributed by atoms with Crippen LogP contribution in [0.5, 0.6) is 5.75 Å². The highest BCUT2D eigenvalue weighted by Crippen LogP contribution is 2.15. The van der Waals surface area contributed by atoms with E-state index in [1.807, 2.05) is 0 Å². The Morgan fingerprint density at radius 2 is 1.85 bits per heavy atom. The van der Waals surface area contributed by atoms with Crippen LogP contribution in [0.3, 0.4) is 0 Å². The molecule has 1 fully saturated rings. The molecule has 2 rings (SSSR count). The molecule has 3 unspecified atom stereocenters. The Hall–Kier alpha value is -2.94. The maximum Gasteiger partial charge on any atom is 0.326 e. The van der Waals surface area contributed by atoms with Gasteiger partial charge in [0.1, 0.15) is 17.9 Å². The number of carboxylic acid groups (broad SMARTS) is 1. The van der Waals surface area contributed by atoms with Crippen LogP contribution in [0.1, 0.15) is 25.8 Å². The number of carbonyl (C=O) groups excluding carboxylic acids is 3. The van der Waals surface area contributed by atoms with Crippen LogP contribution in [-0.4, -0.2) is 53.7 Å². The van der Waals surface area contributed by atoms with Crippen molar-refractivity contribution >= 4 is 23.8 Å². The number of hydrogen-bond acceptors (Lipinski definition) is 7. The van der Waals surface area contributed by atoms with E-state index in [1.54, 1.807) is 24.3 Å². The van der Waals surface area contributed by atoms with Gasteiger partial charge in [-0.2, -0.15) is 0 Å². The van der Waals surface area contributed by atoms with Gasteiger partial charge in [-0.15, -0.1) is 0 Å². The number of carbonyl (C=O) groups is 4. The largest absolute Gasteiger partial charge is 0.480 e. The van der Waals surface area contributed by atoms with Crippen LogP contribution >= 0.6 is 0 Å². The highest BCUT2D eigenvalue weighted by atomic mass is 16.5. The van der Waals surface area contributed by atoms with E-state index in [0.29, 0.717) is 17.9 Å². The van der Waals surface area contributed by atoms with E-state index in [2.05, 4.69) is 10.6 Å². The molecule has 1 aliphatic heterocycles. The second kappa shape index (κ2) is 9.13. The number of carboxylic acids is 1. The summed E-state index contributed by atoms with van der Waals surface area (Å²) in [5.41, 5.74) is 0.663. The van der Waals surface area contributed by atoms with Crippen molar-refractivity contribution in [3.05, 3.63) is 29.8 Å². The summed E-state index contributed by atoms with van der Waals surface area (Å²) in [6, 6.07) is 4.63. The van der Waals surface area contributed by atoms with Gasteiger partial charge in [-0.1, -0.05) is 12.1 Å². The molecule has 9 heteroatoms. The van der Waals surface area contributed by atoms with Crippen LogP contribution in [0.2, 0.25) is 0 Å². The summed E-state index contributed by atoms with van der Waals surface area (Å²) in [6.45, 7) is 2.92. The Balaban J connectivity index is 1.93. The third-order valence-corrected chi connectivity index (χ3v) is 3.98. The molecule has 1 aromatic rings. The molecule has 146 valence electrons. The minimum Gasteiger partial charge on any atom is -0.480 e. The van der Waals surface area contributed by atoms with Crippen molar-refractivity contribution in [1.82, 2.24) is 10.6 Å². The molecule has 0 spiro atoms. The second-order valence-electron chi connectivity index (χ2n) is 6.27. The van der Waals surface area contributed by atoms with E-state index >= 15 is 0 Å². The molecule has 3 N–H and O–H groups in total. The number of esters is 2. The first-order chi connectivity index (χ1) is 12.7. The third-order valence-electron chi connectivity index (χ3n) is 3.98. The van der Waals surface area contributed by atoms with Gasteiger partial charge in [0.05, 0.1) is 6.04 Å². The smallest absolute Gasteiger partial charge is 0.326 e. The third kappa shape index (κ3) is 6.37. The van der Waals surface area contributed by atoms with E-state index in [0.717, 1.165) is 0 Å². The molecule has 9 nitrogen and oxygen atoms in total. The predicted molar refractivity (Wildman–Crippen MR) is 93.0 cm³/mol. The minimum absolute atomic E-state index is 0.0710. The zero-order chi connectivity index (χ0) is 20.0. The van der Waals surface area contributed by atoms with E-state index in [9.17, 15) is 24.3 Å². The Morgan fingerprint density at radius 3 is 2.41 bits per heavy atom. The van der Waals surface area contributed by atoms with E-state index in [-0.39, 0.29) is 12.8 Å². The zero-order valence-corrected chi connectivity index (χ0v) is 15.1. The molecular formula is C18H22N2O7. The van der Waals surface area contributed by atoms with Gasteiger partial charge in [0.25, 0.3) is 0 Å². The van der Waals surface area contributed by atoms with E-state index < -0.39 is 42.0 Å². The summed E-state index contributed by atoms with van der Waals surface area (Å²) >= 11 is 0. The first kappa shape index (κ1) is 20.4. The molecule has 1 amide bonds. The number of nitrogens with one attached hydrogen (secondary N) is 2. The number of benzene rings is 1. The van der Waals surface area contributed by atoms with Crippen molar-refractivity contribution in [1.29, 1.82) is 0 Å². The van der Waals surface area contributed by atoms with Gasteiger partial charge < -0.3 is 25.2 Å². The van der Waals surface area contributed by atoms with Crippen LogP contribution in [0.15, 0.2) is 24.3 Å². The molecule has 0 saturated carbocycles. The van der Waals surface area contributed by atoms with Crippen molar-refractivity contribution in [2.45, 2.75) is 44.9 Å². The van der Waals surface area contributed by atoms with E-state index in [4.69, 9.17) is 9.47 Å². The van der Waals surface area contributed by atoms with Gasteiger partial charge in [0.2, 0.25) is 5.91 Å². The van der Waals surface area contributed by atoms with Crippen LogP contribution in [0.4, 0.5) is 0 Å². The van der Waals surface area contributed by atoms with Gasteiger partial charge in [-0.05, 0) is 17.7 Å². The number of hydrogen-bond donors (Lipinski definition) is 3. The molecule has 1 heterocycles. The van der Waals surface area contributed by atoms with Crippen molar-refractivity contribution in [3.63, 3.8) is 0 Å². The predicted octanol–water partition coefficient (Wildman–Crippen LogP) is 0.0174. The molecule has 0 bridgehead atoms. The Bertz CT molecular complexity index is 717. The zero-order valence-electron chi connectivity index (χ0n) is 15.1. The number of amides is 1. The summed E-state index contributed by atoms with van der Waals surface area (Å²) in [7, 11) is 0. The molecule has 1 aliphatic rings. The van der Waals surface area contributed by atoms with Gasteiger partial charge >= 0.3 is 17.9 Å². The second-order valence-corrected chi connectivity index (χ2v) is 6.27. The van der Waals surface area contributed by atoms with Gasteiger partial charge in [-0.25, -0.2) is 4.79 Å².